The highest BCUT2D eigenvalue weighted by molar-refractivity contribution is 6.71. The molecule has 0 N–H and O–H groups in total. The van der Waals surface area contributed by atoms with E-state index in [1.165, 1.54) is 0 Å². The molecule has 72 valence electrons. The van der Waals surface area contributed by atoms with Crippen molar-refractivity contribution in [2.75, 3.05) is 6.61 Å². The molecule has 12 heavy (non-hydrogen) atoms. The SMILES string of the molecule is C=CC[Si](C)(C)OCC(C)(C)C. The van der Waals surface area contributed by atoms with Gasteiger partial charge in [0.15, 0.2) is 8.32 Å². The van der Waals surface area contributed by atoms with E-state index in [1.807, 2.05) is 6.08 Å². The second kappa shape index (κ2) is 4.24. The Labute approximate surface area is 78.0 Å². The van der Waals surface area contributed by atoms with Crippen molar-refractivity contribution < 1.29 is 4.43 Å². The molecule has 0 aromatic heterocycles. The number of rotatable bonds is 4. The van der Waals surface area contributed by atoms with Crippen molar-refractivity contribution in [1.82, 2.24) is 0 Å². The second-order valence-electron chi connectivity index (χ2n) is 5.10. The fourth-order valence-corrected chi connectivity index (χ4v) is 2.46. The van der Waals surface area contributed by atoms with Gasteiger partial charge in [0.05, 0.1) is 0 Å². The van der Waals surface area contributed by atoms with Crippen molar-refractivity contribution in [3.05, 3.63) is 12.7 Å². The first-order valence-corrected chi connectivity index (χ1v) is 7.63. The molecule has 0 atom stereocenters. The predicted molar refractivity (Wildman–Crippen MR) is 57.9 cm³/mol. The van der Waals surface area contributed by atoms with Crippen molar-refractivity contribution in [2.45, 2.75) is 39.9 Å². The maximum atomic E-state index is 5.90. The Bertz CT molecular complexity index is 144. The molecule has 0 aromatic carbocycles. The van der Waals surface area contributed by atoms with Crippen LogP contribution in [0.15, 0.2) is 12.7 Å². The van der Waals surface area contributed by atoms with Crippen LogP contribution in [0.3, 0.4) is 0 Å². The van der Waals surface area contributed by atoms with Gasteiger partial charge in [0, 0.05) is 6.61 Å². The summed E-state index contributed by atoms with van der Waals surface area (Å²) in [6.07, 6.45) is 1.97. The Morgan fingerprint density at radius 2 is 1.83 bits per heavy atom. The smallest absolute Gasteiger partial charge is 0.190 e. The highest BCUT2D eigenvalue weighted by atomic mass is 28.4. The molecule has 0 bridgehead atoms. The molecule has 0 aromatic rings. The molecule has 0 amide bonds. The highest BCUT2D eigenvalue weighted by Gasteiger charge is 2.23. The summed E-state index contributed by atoms with van der Waals surface area (Å²) in [4.78, 5) is 0. The largest absolute Gasteiger partial charge is 0.417 e. The minimum atomic E-state index is -1.43. The first-order valence-electron chi connectivity index (χ1n) is 4.52. The van der Waals surface area contributed by atoms with Crippen LogP contribution in [0.1, 0.15) is 20.8 Å². The fraction of sp³-hybridized carbons (Fsp3) is 0.800. The van der Waals surface area contributed by atoms with Gasteiger partial charge in [0.2, 0.25) is 0 Å². The molecule has 0 saturated heterocycles. The molecule has 0 spiro atoms. The molecule has 0 heterocycles. The van der Waals surface area contributed by atoms with Crippen molar-refractivity contribution in [3.8, 4) is 0 Å². The van der Waals surface area contributed by atoms with Crippen molar-refractivity contribution in [2.24, 2.45) is 5.41 Å². The number of hydrogen-bond donors (Lipinski definition) is 0. The van der Waals surface area contributed by atoms with Gasteiger partial charge >= 0.3 is 0 Å². The third-order valence-electron chi connectivity index (χ3n) is 1.53. The maximum absolute atomic E-state index is 5.90. The lowest BCUT2D eigenvalue weighted by molar-refractivity contribution is 0.190. The Morgan fingerprint density at radius 1 is 1.33 bits per heavy atom. The third-order valence-corrected chi connectivity index (χ3v) is 3.73. The normalized spacial score (nSPS) is 13.1. The molecular weight excluding hydrogens is 164 g/mol. The molecule has 0 saturated carbocycles. The van der Waals surface area contributed by atoms with Crippen LogP contribution in [-0.2, 0) is 4.43 Å². The molecule has 0 aliphatic carbocycles. The van der Waals surface area contributed by atoms with Gasteiger partial charge in [-0.05, 0) is 24.6 Å². The standard InChI is InChI=1S/C10H22OSi/c1-7-8-12(5,6)11-9-10(2,3)4/h7H,1,8-9H2,2-6H3. The lowest BCUT2D eigenvalue weighted by atomic mass is 9.99. The van der Waals surface area contributed by atoms with E-state index < -0.39 is 8.32 Å². The van der Waals surface area contributed by atoms with Crippen molar-refractivity contribution >= 4 is 8.32 Å². The molecule has 1 nitrogen and oxygen atoms in total. The van der Waals surface area contributed by atoms with Gasteiger partial charge in [-0.15, -0.1) is 6.58 Å². The van der Waals surface area contributed by atoms with Gasteiger partial charge < -0.3 is 4.43 Å². The second-order valence-corrected chi connectivity index (χ2v) is 9.32. The Balaban J connectivity index is 3.83. The van der Waals surface area contributed by atoms with Crippen LogP contribution in [0.25, 0.3) is 0 Å². The molecule has 2 heteroatoms. The van der Waals surface area contributed by atoms with Gasteiger partial charge in [-0.2, -0.15) is 0 Å². The summed E-state index contributed by atoms with van der Waals surface area (Å²) in [5.74, 6) is 0. The number of hydrogen-bond acceptors (Lipinski definition) is 1. The Morgan fingerprint density at radius 3 is 2.17 bits per heavy atom. The molecule has 0 rings (SSSR count). The monoisotopic (exact) mass is 186 g/mol. The first kappa shape index (κ1) is 11.9. The van der Waals surface area contributed by atoms with Gasteiger partial charge in [-0.25, -0.2) is 0 Å². The zero-order valence-electron chi connectivity index (χ0n) is 9.11. The molecule has 0 radical (unpaired) electrons. The Kier molecular flexibility index (Phi) is 4.21. The van der Waals surface area contributed by atoms with Crippen LogP contribution in [0.5, 0.6) is 0 Å². The van der Waals surface area contributed by atoms with Crippen LogP contribution in [0, 0.1) is 5.41 Å². The molecule has 0 aliphatic heterocycles. The van der Waals surface area contributed by atoms with E-state index in [0.29, 0.717) is 0 Å². The summed E-state index contributed by atoms with van der Waals surface area (Å²) in [5.41, 5.74) is 0.283. The zero-order valence-corrected chi connectivity index (χ0v) is 10.1. The lowest BCUT2D eigenvalue weighted by Crippen LogP contribution is -2.33. The minimum absolute atomic E-state index is 0.283. The third kappa shape index (κ3) is 6.62. The molecule has 0 fully saturated rings. The zero-order chi connectivity index (χ0) is 9.83. The van der Waals surface area contributed by atoms with Crippen LogP contribution >= 0.6 is 0 Å². The quantitative estimate of drug-likeness (QED) is 0.483. The Hall–Kier alpha value is -0.0831. The maximum Gasteiger partial charge on any atom is 0.190 e. The summed E-state index contributed by atoms with van der Waals surface area (Å²) in [7, 11) is -1.43. The van der Waals surface area contributed by atoms with Crippen molar-refractivity contribution in [1.29, 1.82) is 0 Å². The van der Waals surface area contributed by atoms with Gasteiger partial charge in [-0.1, -0.05) is 26.8 Å². The first-order chi connectivity index (χ1) is 5.27. The van der Waals surface area contributed by atoms with Crippen LogP contribution in [0.2, 0.25) is 19.1 Å². The van der Waals surface area contributed by atoms with Gasteiger partial charge in [0.25, 0.3) is 0 Å². The van der Waals surface area contributed by atoms with E-state index in [0.717, 1.165) is 12.7 Å². The van der Waals surface area contributed by atoms with Crippen LogP contribution in [0.4, 0.5) is 0 Å². The molecule has 0 unspecified atom stereocenters. The van der Waals surface area contributed by atoms with E-state index in [-0.39, 0.29) is 5.41 Å². The summed E-state index contributed by atoms with van der Waals surface area (Å²) in [5, 5.41) is 0. The summed E-state index contributed by atoms with van der Waals surface area (Å²) < 4.78 is 5.90. The molecule has 0 aliphatic rings. The highest BCUT2D eigenvalue weighted by Crippen LogP contribution is 2.19. The number of allylic oxidation sites excluding steroid dienone is 1. The van der Waals surface area contributed by atoms with Crippen LogP contribution in [-0.4, -0.2) is 14.9 Å². The summed E-state index contributed by atoms with van der Waals surface area (Å²) >= 11 is 0. The minimum Gasteiger partial charge on any atom is -0.417 e. The fourth-order valence-electron chi connectivity index (χ4n) is 0.818. The van der Waals surface area contributed by atoms with Crippen molar-refractivity contribution in [3.63, 3.8) is 0 Å². The van der Waals surface area contributed by atoms with Crippen LogP contribution < -0.4 is 0 Å². The summed E-state index contributed by atoms with van der Waals surface area (Å²) in [6, 6.07) is 1.04. The topological polar surface area (TPSA) is 9.23 Å². The van der Waals surface area contributed by atoms with E-state index in [2.05, 4.69) is 40.4 Å². The van der Waals surface area contributed by atoms with Gasteiger partial charge in [0.1, 0.15) is 0 Å². The van der Waals surface area contributed by atoms with Gasteiger partial charge in [-0.3, -0.25) is 0 Å². The molecular formula is C10H22OSi. The van der Waals surface area contributed by atoms with E-state index in [9.17, 15) is 0 Å². The average molecular weight is 186 g/mol. The van der Waals surface area contributed by atoms with E-state index >= 15 is 0 Å². The van der Waals surface area contributed by atoms with E-state index in [1.54, 1.807) is 0 Å². The average Bonchev–Trinajstić information content (AvgIpc) is 1.83. The predicted octanol–water partition coefficient (Wildman–Crippen LogP) is 3.44. The van der Waals surface area contributed by atoms with E-state index in [4.69, 9.17) is 4.43 Å². The summed E-state index contributed by atoms with van der Waals surface area (Å²) in [6.45, 7) is 15.7. The lowest BCUT2D eigenvalue weighted by Gasteiger charge is -2.27.